The van der Waals surface area contributed by atoms with Gasteiger partial charge < -0.3 is 25.8 Å². The Bertz CT molecular complexity index is 1150. The van der Waals surface area contributed by atoms with E-state index in [0.29, 0.717) is 29.9 Å². The molecule has 9 heteroatoms. The maximum atomic E-state index is 9.60. The summed E-state index contributed by atoms with van der Waals surface area (Å²) in [7, 11) is 0. The van der Waals surface area contributed by atoms with Crippen molar-refractivity contribution in [3.05, 3.63) is 35.0 Å². The van der Waals surface area contributed by atoms with E-state index in [-0.39, 0.29) is 18.1 Å². The summed E-state index contributed by atoms with van der Waals surface area (Å²) >= 11 is 0. The number of aliphatic hydroxyl groups is 1. The van der Waals surface area contributed by atoms with Crippen LogP contribution >= 0.6 is 0 Å². The van der Waals surface area contributed by atoms with Gasteiger partial charge in [0.2, 0.25) is 5.95 Å². The molecule has 1 aliphatic heterocycles. The molecule has 3 aromatic rings. The third-order valence-corrected chi connectivity index (χ3v) is 6.26. The molecule has 0 saturated carbocycles. The molecule has 35 heavy (non-hydrogen) atoms. The van der Waals surface area contributed by atoms with Gasteiger partial charge in [-0.3, -0.25) is 4.68 Å². The third-order valence-electron chi connectivity index (χ3n) is 6.26. The van der Waals surface area contributed by atoms with Gasteiger partial charge in [-0.25, -0.2) is 4.98 Å². The van der Waals surface area contributed by atoms with Crippen molar-refractivity contribution in [2.75, 3.05) is 36.9 Å². The summed E-state index contributed by atoms with van der Waals surface area (Å²) in [5.41, 5.74) is 11.2. The second-order valence-corrected chi connectivity index (χ2v) is 10.3. The Morgan fingerprint density at radius 3 is 2.74 bits per heavy atom. The highest BCUT2D eigenvalue weighted by Crippen LogP contribution is 2.33. The standard InChI is InChI=1S/C26H39N7O2/c1-5-6-11-32(12-13-34)24-22-21(29-25(27)30-24)17-33(31-22)16-19-10-9-18(15-28-26(2,3)4)20-8-7-14-35-23(19)20/h9-10,17,28,34H,5-8,11-16H2,1-4H3,(H2,27,29). The predicted molar refractivity (Wildman–Crippen MR) is 140 cm³/mol. The van der Waals surface area contributed by atoms with Crippen molar-refractivity contribution in [3.8, 4) is 5.75 Å². The monoisotopic (exact) mass is 481 g/mol. The van der Waals surface area contributed by atoms with Gasteiger partial charge in [-0.05, 0) is 51.2 Å². The summed E-state index contributed by atoms with van der Waals surface area (Å²) in [6.45, 7) is 12.1. The topological polar surface area (TPSA) is 114 Å². The molecule has 0 atom stereocenters. The number of unbranched alkanes of at least 4 members (excludes halogenated alkanes) is 1. The number of benzene rings is 1. The molecule has 0 unspecified atom stereocenters. The molecular weight excluding hydrogens is 442 g/mol. The molecule has 0 radical (unpaired) electrons. The Labute approximate surface area is 207 Å². The zero-order valence-corrected chi connectivity index (χ0v) is 21.5. The minimum absolute atomic E-state index is 0.0374. The molecule has 0 bridgehead atoms. The summed E-state index contributed by atoms with van der Waals surface area (Å²) in [5, 5.41) is 18.0. The average molecular weight is 482 g/mol. The second-order valence-electron chi connectivity index (χ2n) is 10.3. The molecule has 190 valence electrons. The summed E-state index contributed by atoms with van der Waals surface area (Å²) in [5.74, 6) is 1.87. The number of hydrogen-bond donors (Lipinski definition) is 3. The fourth-order valence-electron chi connectivity index (χ4n) is 4.48. The minimum atomic E-state index is 0.0374. The van der Waals surface area contributed by atoms with E-state index in [1.54, 1.807) is 0 Å². The lowest BCUT2D eigenvalue weighted by Gasteiger charge is -2.26. The number of rotatable bonds is 10. The maximum absolute atomic E-state index is 9.60. The van der Waals surface area contributed by atoms with Gasteiger partial charge in [0.15, 0.2) is 11.3 Å². The van der Waals surface area contributed by atoms with Crippen LogP contribution in [0.2, 0.25) is 0 Å². The molecule has 0 aliphatic carbocycles. The lowest BCUT2D eigenvalue weighted by Crippen LogP contribution is -2.35. The molecule has 4 rings (SSSR count). The maximum Gasteiger partial charge on any atom is 0.222 e. The van der Waals surface area contributed by atoms with Crippen molar-refractivity contribution in [1.29, 1.82) is 0 Å². The average Bonchev–Trinajstić information content (AvgIpc) is 3.22. The van der Waals surface area contributed by atoms with Crippen LogP contribution in [0.25, 0.3) is 11.0 Å². The van der Waals surface area contributed by atoms with Gasteiger partial charge in [-0.1, -0.05) is 25.5 Å². The van der Waals surface area contributed by atoms with E-state index in [1.807, 2.05) is 15.8 Å². The van der Waals surface area contributed by atoms with E-state index in [4.69, 9.17) is 15.6 Å². The van der Waals surface area contributed by atoms with Crippen LogP contribution in [-0.2, 0) is 19.5 Å². The van der Waals surface area contributed by atoms with Gasteiger partial charge in [-0.15, -0.1) is 0 Å². The fraction of sp³-hybridized carbons (Fsp3) is 0.577. The van der Waals surface area contributed by atoms with E-state index in [9.17, 15) is 5.11 Å². The van der Waals surface area contributed by atoms with Crippen LogP contribution in [0, 0.1) is 0 Å². The number of fused-ring (bicyclic) bond motifs is 2. The fourth-order valence-corrected chi connectivity index (χ4v) is 4.48. The van der Waals surface area contributed by atoms with Crippen LogP contribution in [0.5, 0.6) is 5.75 Å². The van der Waals surface area contributed by atoms with Crippen LogP contribution < -0.4 is 20.7 Å². The zero-order valence-electron chi connectivity index (χ0n) is 21.5. The summed E-state index contributed by atoms with van der Waals surface area (Å²) < 4.78 is 8.07. The highest BCUT2D eigenvalue weighted by Gasteiger charge is 2.21. The molecule has 2 aromatic heterocycles. The molecule has 0 saturated heterocycles. The van der Waals surface area contributed by atoms with Crippen LogP contribution in [0.15, 0.2) is 18.3 Å². The van der Waals surface area contributed by atoms with Crippen molar-refractivity contribution >= 4 is 22.8 Å². The van der Waals surface area contributed by atoms with E-state index in [1.165, 1.54) is 11.1 Å². The first-order valence-corrected chi connectivity index (χ1v) is 12.7. The number of ether oxygens (including phenoxy) is 1. The molecule has 0 spiro atoms. The van der Waals surface area contributed by atoms with Crippen molar-refractivity contribution in [3.63, 3.8) is 0 Å². The third kappa shape index (κ3) is 6.02. The number of aliphatic hydroxyl groups excluding tert-OH is 1. The van der Waals surface area contributed by atoms with Crippen molar-refractivity contribution < 1.29 is 9.84 Å². The summed E-state index contributed by atoms with van der Waals surface area (Å²) in [6.07, 6.45) is 6.00. The van der Waals surface area contributed by atoms with Gasteiger partial charge in [0.05, 0.1) is 26.0 Å². The van der Waals surface area contributed by atoms with Crippen LogP contribution in [0.3, 0.4) is 0 Å². The molecule has 1 aliphatic rings. The molecule has 3 heterocycles. The van der Waals surface area contributed by atoms with Crippen molar-refractivity contribution in [2.24, 2.45) is 0 Å². The Morgan fingerprint density at radius 2 is 2.00 bits per heavy atom. The Kier molecular flexibility index (Phi) is 7.76. The molecule has 4 N–H and O–H groups in total. The minimum Gasteiger partial charge on any atom is -0.493 e. The number of hydrogen-bond acceptors (Lipinski definition) is 8. The highest BCUT2D eigenvalue weighted by atomic mass is 16.5. The lowest BCUT2D eigenvalue weighted by molar-refractivity contribution is 0.282. The first-order valence-electron chi connectivity index (χ1n) is 12.7. The number of anilines is 2. The summed E-state index contributed by atoms with van der Waals surface area (Å²) in [6, 6.07) is 4.36. The number of nitrogens with one attached hydrogen (secondary N) is 1. The van der Waals surface area contributed by atoms with Gasteiger partial charge in [0.25, 0.3) is 0 Å². The second kappa shape index (κ2) is 10.8. The Morgan fingerprint density at radius 1 is 1.20 bits per heavy atom. The SMILES string of the molecule is CCCCN(CCO)c1nc(N)nc2cn(Cc3ccc(CNC(C)(C)C)c4c3OCCC4)nc12. The van der Waals surface area contributed by atoms with E-state index in [2.05, 4.69) is 55.1 Å². The van der Waals surface area contributed by atoms with E-state index in [0.717, 1.165) is 56.7 Å². The normalized spacial score (nSPS) is 13.6. The number of aromatic nitrogens is 4. The van der Waals surface area contributed by atoms with E-state index >= 15 is 0 Å². The van der Waals surface area contributed by atoms with Gasteiger partial charge in [-0.2, -0.15) is 10.1 Å². The molecule has 0 fully saturated rings. The van der Waals surface area contributed by atoms with Crippen molar-refractivity contribution in [1.82, 2.24) is 25.1 Å². The van der Waals surface area contributed by atoms with Crippen molar-refractivity contribution in [2.45, 2.75) is 72.0 Å². The molecular formula is C26H39N7O2. The molecule has 9 nitrogen and oxygen atoms in total. The quantitative estimate of drug-likeness (QED) is 0.404. The van der Waals surface area contributed by atoms with Gasteiger partial charge in [0, 0.05) is 30.7 Å². The van der Waals surface area contributed by atoms with Crippen LogP contribution in [0.4, 0.5) is 11.8 Å². The number of nitrogen functional groups attached to an aromatic ring is 1. The predicted octanol–water partition coefficient (Wildman–Crippen LogP) is 3.27. The number of nitrogens with zero attached hydrogens (tertiary/aromatic N) is 5. The Balaban J connectivity index is 1.66. The van der Waals surface area contributed by atoms with Crippen LogP contribution in [0.1, 0.15) is 63.6 Å². The number of nitrogens with two attached hydrogens (primary N) is 1. The highest BCUT2D eigenvalue weighted by molar-refractivity contribution is 5.86. The zero-order chi connectivity index (χ0) is 25.0. The van der Waals surface area contributed by atoms with Gasteiger partial charge in [0.1, 0.15) is 11.3 Å². The lowest BCUT2D eigenvalue weighted by atomic mass is 9.95. The molecule has 0 amide bonds. The summed E-state index contributed by atoms with van der Waals surface area (Å²) in [4.78, 5) is 11.0. The first-order chi connectivity index (χ1) is 16.8. The van der Waals surface area contributed by atoms with E-state index < -0.39 is 0 Å². The smallest absolute Gasteiger partial charge is 0.222 e. The Hall–Kier alpha value is -2.91. The first kappa shape index (κ1) is 25.2. The van der Waals surface area contributed by atoms with Crippen LogP contribution in [-0.4, -0.2) is 56.7 Å². The molecule has 1 aromatic carbocycles. The largest absolute Gasteiger partial charge is 0.493 e. The van der Waals surface area contributed by atoms with Gasteiger partial charge >= 0.3 is 0 Å².